The van der Waals surface area contributed by atoms with E-state index in [1.54, 1.807) is 0 Å². The maximum Gasteiger partial charge on any atom is 0.309 e. The van der Waals surface area contributed by atoms with Crippen molar-refractivity contribution in [3.8, 4) is 0 Å². The third-order valence-electron chi connectivity index (χ3n) is 5.58. The molecule has 0 amide bonds. The first-order valence-electron chi connectivity index (χ1n) is 7.06. The lowest BCUT2D eigenvalue weighted by Crippen LogP contribution is -2.59. The topological polar surface area (TPSA) is 46.5 Å². The minimum atomic E-state index is -0.632. The monoisotopic (exact) mass is 250 g/mol. The quantitative estimate of drug-likeness (QED) is 0.530. The van der Waals surface area contributed by atoms with Crippen LogP contribution in [0.1, 0.15) is 40.0 Å². The predicted octanol–water partition coefficient (Wildman–Crippen LogP) is 2.29. The number of hydrogen-bond acceptors (Lipinski definition) is 3. The summed E-state index contributed by atoms with van der Waals surface area (Å²) in [7, 11) is 0. The van der Waals surface area contributed by atoms with Gasteiger partial charge in [0.15, 0.2) is 0 Å². The van der Waals surface area contributed by atoms with Crippen molar-refractivity contribution in [1.82, 2.24) is 0 Å². The Kier molecular flexibility index (Phi) is 2.60. The Labute approximate surface area is 108 Å². The largest absolute Gasteiger partial charge is 0.455 e. The SMILES string of the molecule is CC1=CC[C@H]2[C@H](C)CC[C@H]3[C@H](C)C(=O)O[C@]23[C@@H]1O. The fraction of sp³-hybridized carbons (Fsp3) is 0.800. The Bertz CT molecular complexity index is 414. The van der Waals surface area contributed by atoms with Gasteiger partial charge < -0.3 is 9.84 Å². The lowest BCUT2D eigenvalue weighted by Gasteiger charge is -2.52. The van der Waals surface area contributed by atoms with Gasteiger partial charge >= 0.3 is 5.97 Å². The van der Waals surface area contributed by atoms with E-state index in [2.05, 4.69) is 13.0 Å². The average molecular weight is 250 g/mol. The molecule has 0 aromatic heterocycles. The zero-order valence-corrected chi connectivity index (χ0v) is 11.3. The van der Waals surface area contributed by atoms with Gasteiger partial charge in [0.1, 0.15) is 11.7 Å². The molecule has 0 unspecified atom stereocenters. The Hall–Kier alpha value is -0.830. The van der Waals surface area contributed by atoms with Gasteiger partial charge in [-0.3, -0.25) is 4.79 Å². The minimum Gasteiger partial charge on any atom is -0.455 e. The van der Waals surface area contributed by atoms with Gasteiger partial charge in [0.05, 0.1) is 5.92 Å². The van der Waals surface area contributed by atoms with E-state index in [9.17, 15) is 9.90 Å². The predicted molar refractivity (Wildman–Crippen MR) is 67.7 cm³/mol. The number of aliphatic hydroxyl groups is 1. The summed E-state index contributed by atoms with van der Waals surface area (Å²) in [4.78, 5) is 12.0. The van der Waals surface area contributed by atoms with Crippen molar-refractivity contribution in [3.63, 3.8) is 0 Å². The first-order chi connectivity index (χ1) is 8.48. The van der Waals surface area contributed by atoms with Gasteiger partial charge in [0, 0.05) is 11.8 Å². The fourth-order valence-corrected chi connectivity index (χ4v) is 4.47. The van der Waals surface area contributed by atoms with Gasteiger partial charge in [0.25, 0.3) is 0 Å². The molecule has 3 rings (SSSR count). The van der Waals surface area contributed by atoms with Crippen LogP contribution in [0.15, 0.2) is 11.6 Å². The maximum absolute atomic E-state index is 12.0. The molecule has 1 heterocycles. The third-order valence-corrected chi connectivity index (χ3v) is 5.58. The van der Waals surface area contributed by atoms with Crippen LogP contribution < -0.4 is 0 Å². The van der Waals surface area contributed by atoms with Crippen molar-refractivity contribution in [1.29, 1.82) is 0 Å². The second-order valence-electron chi connectivity index (χ2n) is 6.42. The van der Waals surface area contributed by atoms with Gasteiger partial charge in [0.2, 0.25) is 0 Å². The van der Waals surface area contributed by atoms with E-state index in [1.165, 1.54) is 0 Å². The van der Waals surface area contributed by atoms with E-state index in [-0.39, 0.29) is 23.7 Å². The molecule has 0 aromatic carbocycles. The molecule has 0 bridgehead atoms. The number of esters is 1. The zero-order chi connectivity index (χ0) is 13.1. The average Bonchev–Trinajstić information content (AvgIpc) is 2.59. The van der Waals surface area contributed by atoms with Crippen LogP contribution in [0.4, 0.5) is 0 Å². The van der Waals surface area contributed by atoms with Gasteiger partial charge in [-0.2, -0.15) is 0 Å². The first kappa shape index (κ1) is 12.2. The molecular formula is C15H22O3. The lowest BCUT2D eigenvalue weighted by molar-refractivity contribution is -0.183. The highest BCUT2D eigenvalue weighted by Crippen LogP contribution is 2.57. The molecule has 0 aromatic rings. The summed E-state index contributed by atoms with van der Waals surface area (Å²) in [5.41, 5.74) is 0.333. The number of carbonyl (C=O) groups is 1. The summed E-state index contributed by atoms with van der Waals surface area (Å²) in [6.07, 6.45) is 4.57. The van der Waals surface area contributed by atoms with Crippen LogP contribution >= 0.6 is 0 Å². The molecule has 6 atom stereocenters. The van der Waals surface area contributed by atoms with Gasteiger partial charge in [-0.15, -0.1) is 0 Å². The summed E-state index contributed by atoms with van der Waals surface area (Å²) in [6.45, 7) is 6.12. The van der Waals surface area contributed by atoms with E-state index in [0.717, 1.165) is 24.8 Å². The van der Waals surface area contributed by atoms with Gasteiger partial charge in [-0.05, 0) is 37.7 Å². The Morgan fingerprint density at radius 3 is 2.78 bits per heavy atom. The van der Waals surface area contributed by atoms with Crippen molar-refractivity contribution < 1.29 is 14.6 Å². The first-order valence-corrected chi connectivity index (χ1v) is 7.06. The van der Waals surface area contributed by atoms with Crippen molar-refractivity contribution in [2.24, 2.45) is 23.7 Å². The molecule has 100 valence electrons. The molecule has 1 aliphatic heterocycles. The Morgan fingerprint density at radius 1 is 1.33 bits per heavy atom. The highest BCUT2D eigenvalue weighted by atomic mass is 16.6. The summed E-state index contributed by atoms with van der Waals surface area (Å²) in [6, 6.07) is 0. The Morgan fingerprint density at radius 2 is 2.06 bits per heavy atom. The molecule has 3 nitrogen and oxygen atoms in total. The molecule has 1 spiro atoms. The van der Waals surface area contributed by atoms with Crippen LogP contribution in [0, 0.1) is 23.7 Å². The van der Waals surface area contributed by atoms with E-state index in [4.69, 9.17) is 4.74 Å². The maximum atomic E-state index is 12.0. The number of aliphatic hydroxyl groups excluding tert-OH is 1. The van der Waals surface area contributed by atoms with Crippen molar-refractivity contribution >= 4 is 5.97 Å². The number of ether oxygens (including phenoxy) is 1. The molecule has 0 radical (unpaired) electrons. The van der Waals surface area contributed by atoms with Crippen LogP contribution in [-0.4, -0.2) is 22.8 Å². The number of carbonyl (C=O) groups excluding carboxylic acids is 1. The molecule has 1 saturated heterocycles. The number of hydrogen-bond donors (Lipinski definition) is 1. The fourth-order valence-electron chi connectivity index (χ4n) is 4.47. The highest BCUT2D eigenvalue weighted by molar-refractivity contribution is 5.76. The molecular weight excluding hydrogens is 228 g/mol. The van der Waals surface area contributed by atoms with Gasteiger partial charge in [-0.1, -0.05) is 19.9 Å². The second-order valence-corrected chi connectivity index (χ2v) is 6.42. The van der Waals surface area contributed by atoms with E-state index in [1.807, 2.05) is 13.8 Å². The standard InChI is InChI=1S/C15H22O3/c1-8-4-7-12-10(3)14(17)18-15(12)11(8)6-5-9(2)13(15)16/h5,8,10-13,16H,4,6-7H2,1-3H3/t8-,10+,11+,12+,13-,15-/m1/s1. The number of allylic oxidation sites excluding steroid dienone is 1. The van der Waals surface area contributed by atoms with Crippen LogP contribution in [0.2, 0.25) is 0 Å². The van der Waals surface area contributed by atoms with Gasteiger partial charge in [-0.25, -0.2) is 0 Å². The minimum absolute atomic E-state index is 0.0689. The van der Waals surface area contributed by atoms with Crippen LogP contribution in [-0.2, 0) is 9.53 Å². The van der Waals surface area contributed by atoms with E-state index in [0.29, 0.717) is 5.92 Å². The zero-order valence-electron chi connectivity index (χ0n) is 11.3. The van der Waals surface area contributed by atoms with Crippen molar-refractivity contribution in [3.05, 3.63) is 11.6 Å². The third kappa shape index (κ3) is 1.31. The van der Waals surface area contributed by atoms with E-state index >= 15 is 0 Å². The van der Waals surface area contributed by atoms with Crippen molar-refractivity contribution in [2.45, 2.75) is 51.7 Å². The van der Waals surface area contributed by atoms with E-state index < -0.39 is 11.7 Å². The summed E-state index contributed by atoms with van der Waals surface area (Å²) in [5.74, 6) is 0.792. The lowest BCUT2D eigenvalue weighted by atomic mass is 9.56. The van der Waals surface area contributed by atoms with Crippen molar-refractivity contribution in [2.75, 3.05) is 0 Å². The highest BCUT2D eigenvalue weighted by Gasteiger charge is 2.65. The molecule has 1 N–H and O–H groups in total. The second kappa shape index (κ2) is 3.83. The van der Waals surface area contributed by atoms with Crippen LogP contribution in [0.25, 0.3) is 0 Å². The smallest absolute Gasteiger partial charge is 0.309 e. The molecule has 3 aliphatic rings. The van der Waals surface area contributed by atoms with Crippen LogP contribution in [0.5, 0.6) is 0 Å². The molecule has 1 saturated carbocycles. The molecule has 2 aliphatic carbocycles. The number of rotatable bonds is 0. The molecule has 18 heavy (non-hydrogen) atoms. The summed E-state index contributed by atoms with van der Waals surface area (Å²) in [5, 5.41) is 10.6. The Balaban J connectivity index is 2.10. The molecule has 2 fully saturated rings. The summed E-state index contributed by atoms with van der Waals surface area (Å²) < 4.78 is 5.79. The molecule has 3 heteroatoms. The normalized spacial score (nSPS) is 51.2. The van der Waals surface area contributed by atoms with Crippen LogP contribution in [0.3, 0.4) is 0 Å². The summed E-state index contributed by atoms with van der Waals surface area (Å²) >= 11 is 0.